The molecule has 1 aromatic carbocycles. The Bertz CT molecular complexity index is 751. The quantitative estimate of drug-likeness (QED) is 0.181. The second-order valence-corrected chi connectivity index (χ2v) is 9.03. The number of thioether (sulfide) groups is 1. The average Bonchev–Trinajstić information content (AvgIpc) is 3.00. The first-order valence-electron chi connectivity index (χ1n) is 8.60. The van der Waals surface area contributed by atoms with Crippen molar-refractivity contribution in [3.63, 3.8) is 0 Å². The minimum Gasteiger partial charge on any atom is -0.484 e. The summed E-state index contributed by atoms with van der Waals surface area (Å²) in [7, 11) is 1.43. The van der Waals surface area contributed by atoms with Crippen molar-refractivity contribution < 1.29 is 28.6 Å². The van der Waals surface area contributed by atoms with Crippen molar-refractivity contribution in [2.45, 2.75) is 29.1 Å². The van der Waals surface area contributed by atoms with E-state index in [1.54, 1.807) is 12.1 Å². The molecule has 0 bridgehead atoms. The van der Waals surface area contributed by atoms with Crippen LogP contribution in [0.4, 0.5) is 0 Å². The Kier molecular flexibility index (Phi) is 6.71. The van der Waals surface area contributed by atoms with Gasteiger partial charge < -0.3 is 24.4 Å². The molecule has 3 rings (SSSR count). The fourth-order valence-electron chi connectivity index (χ4n) is 3.20. The van der Waals surface area contributed by atoms with Crippen molar-refractivity contribution in [2.75, 3.05) is 24.9 Å². The lowest BCUT2D eigenvalue weighted by molar-refractivity contribution is -0.170. The molecule has 2 aliphatic heterocycles. The maximum Gasteiger partial charge on any atom is 0.332 e. The highest BCUT2D eigenvalue weighted by molar-refractivity contribution is 14.1. The van der Waals surface area contributed by atoms with Crippen LogP contribution >= 0.6 is 34.4 Å². The zero-order chi connectivity index (χ0) is 20.3. The number of nitrogens with zero attached hydrogens (tertiary/aromatic N) is 1. The van der Waals surface area contributed by atoms with Crippen LogP contribution in [0.15, 0.2) is 30.3 Å². The van der Waals surface area contributed by atoms with Crippen molar-refractivity contribution in [3.8, 4) is 5.75 Å². The number of nitrogens with one attached hydrogen (secondary N) is 1. The highest BCUT2D eigenvalue weighted by Gasteiger charge is 2.65. The van der Waals surface area contributed by atoms with Crippen LogP contribution in [-0.2, 0) is 23.9 Å². The first-order chi connectivity index (χ1) is 13.4. The van der Waals surface area contributed by atoms with Crippen LogP contribution in [0.5, 0.6) is 5.75 Å². The van der Waals surface area contributed by atoms with Crippen LogP contribution in [-0.4, -0.2) is 69.8 Å². The highest BCUT2D eigenvalue weighted by Crippen LogP contribution is 2.52. The van der Waals surface area contributed by atoms with E-state index in [-0.39, 0.29) is 30.6 Å². The molecule has 2 amide bonds. The number of para-hydroxylation sites is 1. The van der Waals surface area contributed by atoms with E-state index in [1.807, 2.05) is 25.1 Å². The third kappa shape index (κ3) is 4.08. The maximum atomic E-state index is 12.7. The first kappa shape index (κ1) is 21.2. The summed E-state index contributed by atoms with van der Waals surface area (Å²) in [5.41, 5.74) is 0. The number of halogens is 1. The first-order valence-corrected chi connectivity index (χ1v) is 11.0. The molecule has 8 nitrogen and oxygen atoms in total. The number of hydrogen-bond acceptors (Lipinski definition) is 7. The van der Waals surface area contributed by atoms with Gasteiger partial charge in [-0.3, -0.25) is 9.59 Å². The van der Waals surface area contributed by atoms with Gasteiger partial charge in [0, 0.05) is 11.5 Å². The average molecular weight is 520 g/mol. The lowest BCUT2D eigenvalue weighted by Crippen LogP contribution is -2.71. The molecular formula is C18H21IN2O6S. The van der Waals surface area contributed by atoms with Gasteiger partial charge in [0.25, 0.3) is 5.91 Å². The van der Waals surface area contributed by atoms with Crippen LogP contribution in [0.25, 0.3) is 0 Å². The summed E-state index contributed by atoms with van der Waals surface area (Å²) in [5, 5.41) is 2.41. The number of benzene rings is 1. The number of rotatable bonds is 8. The van der Waals surface area contributed by atoms with Crippen LogP contribution in [0.2, 0.25) is 0 Å². The minimum absolute atomic E-state index is 0.166. The fourth-order valence-corrected chi connectivity index (χ4v) is 5.77. The number of β-lactam (4-membered cyclic amide) rings is 1. The summed E-state index contributed by atoms with van der Waals surface area (Å²) < 4.78 is 15.4. The van der Waals surface area contributed by atoms with Gasteiger partial charge in [0.2, 0.25) is 5.91 Å². The summed E-state index contributed by atoms with van der Waals surface area (Å²) in [5.74, 6) is -0.600. The number of esters is 1. The summed E-state index contributed by atoms with van der Waals surface area (Å²) in [6.07, 6.45) is 0. The van der Waals surface area contributed by atoms with E-state index >= 15 is 0 Å². The molecule has 0 spiro atoms. The lowest BCUT2D eigenvalue weighted by Gasteiger charge is -2.43. The minimum atomic E-state index is -0.712. The van der Waals surface area contributed by atoms with E-state index < -0.39 is 22.8 Å². The Morgan fingerprint density at radius 3 is 2.68 bits per heavy atom. The molecule has 0 aliphatic carbocycles. The van der Waals surface area contributed by atoms with E-state index in [2.05, 4.69) is 27.9 Å². The largest absolute Gasteiger partial charge is 0.484 e. The number of carbonyl (C=O) groups excluding carboxylic acids is 3. The van der Waals surface area contributed by atoms with Crippen molar-refractivity contribution in [1.82, 2.24) is 10.2 Å². The molecule has 1 N–H and O–H groups in total. The number of ether oxygens (including phenoxy) is 3. The second kappa shape index (κ2) is 8.87. The van der Waals surface area contributed by atoms with Gasteiger partial charge in [0.15, 0.2) is 13.4 Å². The SMILES string of the molecule is COCOC(=O)C1N2C(=O)C(NC(=O)COc3ccccc3)C2SC1(C)CI. The molecule has 4 unspecified atom stereocenters. The summed E-state index contributed by atoms with van der Waals surface area (Å²) in [4.78, 5) is 38.9. The van der Waals surface area contributed by atoms with Gasteiger partial charge >= 0.3 is 5.97 Å². The summed E-state index contributed by atoms with van der Waals surface area (Å²) in [6, 6.07) is 7.57. The van der Waals surface area contributed by atoms with Crippen LogP contribution in [0, 0.1) is 0 Å². The highest BCUT2D eigenvalue weighted by atomic mass is 127. The number of amides is 2. The molecule has 0 saturated carbocycles. The standard InChI is InChI=1S/C18H21IN2O6S/c1-18(9-19)14(17(24)27-10-25-2)21-15(23)13(16(21)28-18)20-12(22)8-26-11-6-4-3-5-7-11/h3-7,13-14,16H,8-10H2,1-2H3,(H,20,22). The topological polar surface area (TPSA) is 94.2 Å². The Morgan fingerprint density at radius 2 is 2.04 bits per heavy atom. The smallest absolute Gasteiger partial charge is 0.332 e. The molecule has 10 heteroatoms. The van der Waals surface area contributed by atoms with Crippen molar-refractivity contribution in [2.24, 2.45) is 0 Å². The van der Waals surface area contributed by atoms with Gasteiger partial charge in [-0.15, -0.1) is 11.8 Å². The number of fused-ring (bicyclic) bond motifs is 1. The molecule has 1 aromatic rings. The van der Waals surface area contributed by atoms with Crippen LogP contribution in [0.1, 0.15) is 6.92 Å². The molecule has 2 saturated heterocycles. The third-order valence-electron chi connectivity index (χ3n) is 4.56. The number of carbonyl (C=O) groups is 3. The van der Waals surface area contributed by atoms with Gasteiger partial charge in [-0.1, -0.05) is 40.8 Å². The molecule has 152 valence electrons. The van der Waals surface area contributed by atoms with Gasteiger partial charge in [-0.25, -0.2) is 4.79 Å². The van der Waals surface area contributed by atoms with E-state index in [1.165, 1.54) is 23.8 Å². The molecule has 2 fully saturated rings. The Hall–Kier alpha value is -1.53. The van der Waals surface area contributed by atoms with Crippen LogP contribution in [0.3, 0.4) is 0 Å². The van der Waals surface area contributed by atoms with Crippen molar-refractivity contribution in [3.05, 3.63) is 30.3 Å². The summed E-state index contributed by atoms with van der Waals surface area (Å²) >= 11 is 3.70. The predicted molar refractivity (Wildman–Crippen MR) is 111 cm³/mol. The van der Waals surface area contributed by atoms with Gasteiger partial charge in [-0.2, -0.15) is 0 Å². The molecule has 4 atom stereocenters. The molecular weight excluding hydrogens is 499 g/mol. The Labute approximate surface area is 180 Å². The zero-order valence-electron chi connectivity index (χ0n) is 15.4. The third-order valence-corrected chi connectivity index (χ3v) is 8.31. The van der Waals surface area contributed by atoms with Crippen molar-refractivity contribution in [1.29, 1.82) is 0 Å². The Balaban J connectivity index is 1.61. The van der Waals surface area contributed by atoms with Gasteiger partial charge in [-0.05, 0) is 19.1 Å². The number of hydrogen-bond donors (Lipinski definition) is 1. The molecule has 28 heavy (non-hydrogen) atoms. The summed E-state index contributed by atoms with van der Waals surface area (Å²) in [6.45, 7) is 1.57. The lowest BCUT2D eigenvalue weighted by atomic mass is 9.96. The number of alkyl halides is 1. The Morgan fingerprint density at radius 1 is 1.32 bits per heavy atom. The molecule has 2 aliphatic rings. The van der Waals surface area contributed by atoms with Gasteiger partial charge in [0.1, 0.15) is 23.2 Å². The monoisotopic (exact) mass is 520 g/mol. The van der Waals surface area contributed by atoms with E-state index in [9.17, 15) is 14.4 Å². The van der Waals surface area contributed by atoms with E-state index in [0.717, 1.165) is 0 Å². The van der Waals surface area contributed by atoms with E-state index in [0.29, 0.717) is 10.2 Å². The molecule has 0 aromatic heterocycles. The number of methoxy groups -OCH3 is 1. The van der Waals surface area contributed by atoms with Crippen molar-refractivity contribution >= 4 is 52.1 Å². The molecule has 0 radical (unpaired) electrons. The zero-order valence-corrected chi connectivity index (χ0v) is 18.4. The van der Waals surface area contributed by atoms with Gasteiger partial charge in [0.05, 0.1) is 4.75 Å². The maximum absolute atomic E-state index is 12.7. The predicted octanol–water partition coefficient (Wildman–Crippen LogP) is 1.17. The van der Waals surface area contributed by atoms with E-state index in [4.69, 9.17) is 14.2 Å². The fraction of sp³-hybridized carbons (Fsp3) is 0.500. The van der Waals surface area contributed by atoms with Crippen LogP contribution < -0.4 is 10.1 Å². The second-order valence-electron chi connectivity index (χ2n) is 6.62. The normalized spacial score (nSPS) is 28.3. The molecule has 2 heterocycles.